The molecule has 1 aliphatic heterocycles. The highest BCUT2D eigenvalue weighted by molar-refractivity contribution is 5.98. The van der Waals surface area contributed by atoms with Crippen molar-refractivity contribution >= 4 is 11.9 Å². The van der Waals surface area contributed by atoms with Gasteiger partial charge >= 0.3 is 11.9 Å². The van der Waals surface area contributed by atoms with Crippen LogP contribution in [0.15, 0.2) is 41.7 Å². The predicted octanol–water partition coefficient (Wildman–Crippen LogP) is 2.24. The van der Waals surface area contributed by atoms with Crippen molar-refractivity contribution in [3.05, 3.63) is 47.3 Å². The zero-order chi connectivity index (χ0) is 19.3. The number of methoxy groups -OCH3 is 3. The molecule has 0 saturated carbocycles. The van der Waals surface area contributed by atoms with Gasteiger partial charge in [-0.2, -0.15) is 0 Å². The largest absolute Gasteiger partial charge is 0.493 e. The van der Waals surface area contributed by atoms with E-state index in [4.69, 9.17) is 18.9 Å². The minimum atomic E-state index is -0.643. The third kappa shape index (κ3) is 3.82. The molecule has 1 aliphatic rings. The van der Waals surface area contributed by atoms with E-state index in [1.165, 1.54) is 21.3 Å². The Morgan fingerprint density at radius 2 is 1.58 bits per heavy atom. The molecule has 0 atom stereocenters. The lowest BCUT2D eigenvalue weighted by Gasteiger charge is -2.28. The minimum Gasteiger partial charge on any atom is -0.493 e. The molecular formula is C19H23NO6. The van der Waals surface area contributed by atoms with Gasteiger partial charge in [-0.05, 0) is 24.6 Å². The van der Waals surface area contributed by atoms with Gasteiger partial charge in [0.05, 0.1) is 45.0 Å². The van der Waals surface area contributed by atoms with Crippen LogP contribution in [0.3, 0.4) is 0 Å². The van der Waals surface area contributed by atoms with Gasteiger partial charge in [0.2, 0.25) is 0 Å². The first kappa shape index (κ1) is 19.4. The molecule has 7 nitrogen and oxygen atoms in total. The van der Waals surface area contributed by atoms with Crippen molar-refractivity contribution < 1.29 is 28.5 Å². The van der Waals surface area contributed by atoms with E-state index in [1.54, 1.807) is 42.5 Å². The summed E-state index contributed by atoms with van der Waals surface area (Å²) in [5.74, 6) is -0.598. The molecule has 7 heteroatoms. The zero-order valence-corrected chi connectivity index (χ0v) is 15.6. The molecule has 1 heterocycles. The number of benzene rings is 1. The number of nitrogens with zero attached hydrogens (tertiary/aromatic N) is 1. The smallest absolute Gasteiger partial charge is 0.336 e. The van der Waals surface area contributed by atoms with Crippen LogP contribution >= 0.6 is 0 Å². The highest BCUT2D eigenvalue weighted by Gasteiger charge is 2.35. The molecule has 2 rings (SSSR count). The van der Waals surface area contributed by atoms with Gasteiger partial charge in [-0.15, -0.1) is 0 Å². The number of esters is 2. The standard InChI is InChI=1S/C19H23NO6/c1-6-26-15-8-7-12(9-16(15)23-3)17-13(18(21)24-4)10-20(2)11-14(17)19(22)25-5/h7-11,17H,6H2,1-5H3. The summed E-state index contributed by atoms with van der Waals surface area (Å²) in [6, 6.07) is 5.28. The fourth-order valence-electron chi connectivity index (χ4n) is 2.87. The van der Waals surface area contributed by atoms with E-state index in [-0.39, 0.29) is 0 Å². The van der Waals surface area contributed by atoms with E-state index in [2.05, 4.69) is 0 Å². The molecule has 1 aromatic carbocycles. The zero-order valence-electron chi connectivity index (χ0n) is 15.6. The number of carbonyl (C=O) groups is 2. The molecule has 0 spiro atoms. The molecule has 0 bridgehead atoms. The lowest BCUT2D eigenvalue weighted by Crippen LogP contribution is -2.27. The summed E-state index contributed by atoms with van der Waals surface area (Å²) in [7, 11) is 5.86. The van der Waals surface area contributed by atoms with E-state index in [0.717, 1.165) is 0 Å². The lowest BCUT2D eigenvalue weighted by atomic mass is 9.83. The van der Waals surface area contributed by atoms with Crippen molar-refractivity contribution in [1.29, 1.82) is 0 Å². The lowest BCUT2D eigenvalue weighted by molar-refractivity contribution is -0.137. The fraction of sp³-hybridized carbons (Fsp3) is 0.368. The summed E-state index contributed by atoms with van der Waals surface area (Å²) in [6.07, 6.45) is 3.26. The van der Waals surface area contributed by atoms with Crippen molar-refractivity contribution in [3.8, 4) is 11.5 Å². The first-order chi connectivity index (χ1) is 12.5. The minimum absolute atomic E-state index is 0.323. The molecule has 0 amide bonds. The van der Waals surface area contributed by atoms with E-state index in [1.807, 2.05) is 6.92 Å². The maximum Gasteiger partial charge on any atom is 0.336 e. The summed E-state index contributed by atoms with van der Waals surface area (Å²) in [6.45, 7) is 2.37. The van der Waals surface area contributed by atoms with Gasteiger partial charge < -0.3 is 23.8 Å². The monoisotopic (exact) mass is 361 g/mol. The third-order valence-corrected chi connectivity index (χ3v) is 3.97. The van der Waals surface area contributed by atoms with Gasteiger partial charge in [0, 0.05) is 19.4 Å². The van der Waals surface area contributed by atoms with E-state index in [0.29, 0.717) is 34.8 Å². The highest BCUT2D eigenvalue weighted by Crippen LogP contribution is 2.40. The molecule has 0 aromatic heterocycles. The van der Waals surface area contributed by atoms with Crippen molar-refractivity contribution in [1.82, 2.24) is 4.90 Å². The molecule has 140 valence electrons. The number of hydrogen-bond acceptors (Lipinski definition) is 7. The predicted molar refractivity (Wildman–Crippen MR) is 94.9 cm³/mol. The van der Waals surface area contributed by atoms with Crippen LogP contribution in [0.5, 0.6) is 11.5 Å². The Balaban J connectivity index is 2.59. The van der Waals surface area contributed by atoms with Gasteiger partial charge in [-0.3, -0.25) is 0 Å². The molecule has 0 unspecified atom stereocenters. The Labute approximate surface area is 152 Å². The van der Waals surface area contributed by atoms with Crippen LogP contribution in [0.4, 0.5) is 0 Å². The van der Waals surface area contributed by atoms with Gasteiger partial charge in [0.1, 0.15) is 0 Å². The summed E-state index contributed by atoms with van der Waals surface area (Å²) in [4.78, 5) is 26.3. The van der Waals surface area contributed by atoms with E-state index >= 15 is 0 Å². The molecule has 1 aromatic rings. The maximum atomic E-state index is 12.3. The summed E-state index contributed by atoms with van der Waals surface area (Å²) in [5, 5.41) is 0. The molecule has 26 heavy (non-hydrogen) atoms. The third-order valence-electron chi connectivity index (χ3n) is 3.97. The summed E-state index contributed by atoms with van der Waals surface area (Å²) < 4.78 is 20.7. The number of carbonyl (C=O) groups excluding carboxylic acids is 2. The normalized spacial score (nSPS) is 14.3. The van der Waals surface area contributed by atoms with Gasteiger partial charge in [0.25, 0.3) is 0 Å². The molecule has 0 aliphatic carbocycles. The van der Waals surface area contributed by atoms with Crippen molar-refractivity contribution in [2.24, 2.45) is 0 Å². The van der Waals surface area contributed by atoms with Crippen molar-refractivity contribution in [3.63, 3.8) is 0 Å². The van der Waals surface area contributed by atoms with Crippen LogP contribution in [0.1, 0.15) is 18.4 Å². The van der Waals surface area contributed by atoms with Crippen molar-refractivity contribution in [2.75, 3.05) is 35.0 Å². The second-order valence-corrected chi connectivity index (χ2v) is 5.59. The second kappa shape index (κ2) is 8.42. The van der Waals surface area contributed by atoms with Crippen LogP contribution in [0.25, 0.3) is 0 Å². The van der Waals surface area contributed by atoms with E-state index in [9.17, 15) is 9.59 Å². The molecular weight excluding hydrogens is 338 g/mol. The fourth-order valence-corrected chi connectivity index (χ4v) is 2.87. The second-order valence-electron chi connectivity index (χ2n) is 5.59. The first-order valence-corrected chi connectivity index (χ1v) is 8.09. The van der Waals surface area contributed by atoms with Crippen molar-refractivity contribution in [2.45, 2.75) is 12.8 Å². The maximum absolute atomic E-state index is 12.3. The Bertz CT molecular complexity index is 718. The van der Waals surface area contributed by atoms with Gasteiger partial charge in [0.15, 0.2) is 11.5 Å². The topological polar surface area (TPSA) is 74.3 Å². The van der Waals surface area contributed by atoms with Crippen LogP contribution in [0.2, 0.25) is 0 Å². The Hall–Kier alpha value is -2.96. The quantitative estimate of drug-likeness (QED) is 0.719. The van der Waals surface area contributed by atoms with E-state index < -0.39 is 17.9 Å². The number of hydrogen-bond donors (Lipinski definition) is 0. The molecule has 0 radical (unpaired) electrons. The average Bonchev–Trinajstić information content (AvgIpc) is 2.66. The molecule has 0 fully saturated rings. The summed E-state index contributed by atoms with van der Waals surface area (Å²) >= 11 is 0. The molecule has 0 saturated heterocycles. The first-order valence-electron chi connectivity index (χ1n) is 8.09. The van der Waals surface area contributed by atoms with Crippen LogP contribution < -0.4 is 9.47 Å². The molecule has 0 N–H and O–H groups in total. The van der Waals surface area contributed by atoms with Crippen LogP contribution in [-0.2, 0) is 19.1 Å². The SMILES string of the molecule is CCOc1ccc(C2C(C(=O)OC)=CN(C)C=C2C(=O)OC)cc1OC. The van der Waals surface area contributed by atoms with Crippen LogP contribution in [0, 0.1) is 0 Å². The Morgan fingerprint density at radius 1 is 1.00 bits per heavy atom. The Kier molecular flexibility index (Phi) is 6.27. The van der Waals surface area contributed by atoms with Gasteiger partial charge in [-0.25, -0.2) is 9.59 Å². The Morgan fingerprint density at radius 3 is 2.04 bits per heavy atom. The van der Waals surface area contributed by atoms with Gasteiger partial charge in [-0.1, -0.05) is 6.07 Å². The number of ether oxygens (including phenoxy) is 4. The average molecular weight is 361 g/mol. The van der Waals surface area contributed by atoms with Crippen LogP contribution in [-0.4, -0.2) is 51.8 Å². The number of rotatable bonds is 6. The highest BCUT2D eigenvalue weighted by atomic mass is 16.5. The summed E-state index contributed by atoms with van der Waals surface area (Å²) in [5.41, 5.74) is 1.33.